The standard InChI is InChI=1S/C15H23NO3/c1-11(2)19-8-7-16(4)10-14-9-13(12(3)17)5-6-15(14)18/h5-6,9,11,18H,7-8,10H2,1-4H3. The third-order valence-corrected chi connectivity index (χ3v) is 2.85. The van der Waals surface area contributed by atoms with Crippen LogP contribution in [0.5, 0.6) is 5.75 Å². The van der Waals surface area contributed by atoms with Crippen LogP contribution in [0, 0.1) is 0 Å². The lowest BCUT2D eigenvalue weighted by Gasteiger charge is -2.18. The van der Waals surface area contributed by atoms with Gasteiger partial charge in [0.05, 0.1) is 12.7 Å². The number of hydrogen-bond acceptors (Lipinski definition) is 4. The second-order valence-corrected chi connectivity index (χ2v) is 5.06. The fourth-order valence-corrected chi connectivity index (χ4v) is 1.75. The van der Waals surface area contributed by atoms with E-state index >= 15 is 0 Å². The normalized spacial score (nSPS) is 11.3. The maximum Gasteiger partial charge on any atom is 0.159 e. The van der Waals surface area contributed by atoms with Crippen LogP contribution >= 0.6 is 0 Å². The van der Waals surface area contributed by atoms with Gasteiger partial charge in [0, 0.05) is 24.2 Å². The van der Waals surface area contributed by atoms with Gasteiger partial charge in [-0.15, -0.1) is 0 Å². The molecule has 0 saturated carbocycles. The summed E-state index contributed by atoms with van der Waals surface area (Å²) < 4.78 is 5.48. The molecule has 0 aliphatic carbocycles. The summed E-state index contributed by atoms with van der Waals surface area (Å²) in [5.74, 6) is 0.230. The van der Waals surface area contributed by atoms with Gasteiger partial charge in [-0.3, -0.25) is 9.69 Å². The first-order chi connectivity index (χ1) is 8.90. The molecule has 106 valence electrons. The summed E-state index contributed by atoms with van der Waals surface area (Å²) >= 11 is 0. The molecule has 0 spiro atoms. The number of carbonyl (C=O) groups excluding carboxylic acids is 1. The zero-order chi connectivity index (χ0) is 14.4. The molecule has 0 aliphatic rings. The highest BCUT2D eigenvalue weighted by molar-refractivity contribution is 5.94. The quantitative estimate of drug-likeness (QED) is 0.769. The molecule has 1 aromatic rings. The van der Waals surface area contributed by atoms with Crippen LogP contribution in [-0.2, 0) is 11.3 Å². The molecule has 1 aromatic carbocycles. The number of hydrogen-bond donors (Lipinski definition) is 1. The van der Waals surface area contributed by atoms with Crippen LogP contribution in [0.2, 0.25) is 0 Å². The van der Waals surface area contributed by atoms with Gasteiger partial charge in [-0.25, -0.2) is 0 Å². The van der Waals surface area contributed by atoms with Crippen LogP contribution in [0.1, 0.15) is 36.7 Å². The smallest absolute Gasteiger partial charge is 0.159 e. The average molecular weight is 265 g/mol. The lowest BCUT2D eigenvalue weighted by atomic mass is 10.1. The predicted octanol–water partition coefficient (Wildman–Crippen LogP) is 2.45. The third-order valence-electron chi connectivity index (χ3n) is 2.85. The lowest BCUT2D eigenvalue weighted by Crippen LogP contribution is -2.24. The molecule has 4 heteroatoms. The van der Waals surface area contributed by atoms with Crippen LogP contribution in [0.15, 0.2) is 18.2 Å². The maximum atomic E-state index is 11.3. The molecule has 19 heavy (non-hydrogen) atoms. The highest BCUT2D eigenvalue weighted by Gasteiger charge is 2.08. The Hall–Kier alpha value is -1.39. The molecular weight excluding hydrogens is 242 g/mol. The van der Waals surface area contributed by atoms with E-state index in [2.05, 4.69) is 4.90 Å². The van der Waals surface area contributed by atoms with Gasteiger partial charge in [0.25, 0.3) is 0 Å². The van der Waals surface area contributed by atoms with E-state index in [1.54, 1.807) is 18.2 Å². The van der Waals surface area contributed by atoms with Crippen molar-refractivity contribution in [3.05, 3.63) is 29.3 Å². The summed E-state index contributed by atoms with van der Waals surface area (Å²) in [5.41, 5.74) is 1.39. The van der Waals surface area contributed by atoms with Crippen molar-refractivity contribution in [1.82, 2.24) is 4.90 Å². The van der Waals surface area contributed by atoms with Gasteiger partial charge in [-0.1, -0.05) is 0 Å². The summed E-state index contributed by atoms with van der Waals surface area (Å²) in [6.07, 6.45) is 0.225. The summed E-state index contributed by atoms with van der Waals surface area (Å²) in [6.45, 7) is 7.55. The molecule has 0 amide bonds. The first-order valence-electron chi connectivity index (χ1n) is 6.53. The molecule has 1 rings (SSSR count). The predicted molar refractivity (Wildman–Crippen MR) is 75.5 cm³/mol. The van der Waals surface area contributed by atoms with Gasteiger partial charge in [0.1, 0.15) is 5.75 Å². The minimum atomic E-state index is 0.00652. The Morgan fingerprint density at radius 2 is 2.11 bits per heavy atom. The van der Waals surface area contributed by atoms with E-state index in [1.807, 2.05) is 20.9 Å². The summed E-state index contributed by atoms with van der Waals surface area (Å²) in [4.78, 5) is 13.4. The van der Waals surface area contributed by atoms with E-state index in [1.165, 1.54) is 6.92 Å². The Balaban J connectivity index is 2.60. The highest BCUT2D eigenvalue weighted by atomic mass is 16.5. The van der Waals surface area contributed by atoms with Gasteiger partial charge >= 0.3 is 0 Å². The molecule has 1 N–H and O–H groups in total. The minimum Gasteiger partial charge on any atom is -0.508 e. The van der Waals surface area contributed by atoms with Crippen molar-refractivity contribution in [2.75, 3.05) is 20.2 Å². The fourth-order valence-electron chi connectivity index (χ4n) is 1.75. The van der Waals surface area contributed by atoms with Crippen molar-refractivity contribution < 1.29 is 14.6 Å². The largest absolute Gasteiger partial charge is 0.508 e. The van der Waals surface area contributed by atoms with E-state index in [-0.39, 0.29) is 17.6 Å². The zero-order valence-electron chi connectivity index (χ0n) is 12.1. The Labute approximate surface area is 115 Å². The number of nitrogens with zero attached hydrogens (tertiary/aromatic N) is 1. The molecule has 0 heterocycles. The van der Waals surface area contributed by atoms with Crippen molar-refractivity contribution in [3.63, 3.8) is 0 Å². The monoisotopic (exact) mass is 265 g/mol. The molecular formula is C15H23NO3. The van der Waals surface area contributed by atoms with Crippen LogP contribution in [0.3, 0.4) is 0 Å². The van der Waals surface area contributed by atoms with Crippen LogP contribution in [0.25, 0.3) is 0 Å². The number of Topliss-reactive ketones (excluding diaryl/α,β-unsaturated/α-hetero) is 1. The van der Waals surface area contributed by atoms with Crippen LogP contribution in [0.4, 0.5) is 0 Å². The number of carbonyl (C=O) groups is 1. The number of benzene rings is 1. The Bertz CT molecular complexity index is 429. The second-order valence-electron chi connectivity index (χ2n) is 5.06. The number of ketones is 1. The van der Waals surface area contributed by atoms with Gasteiger partial charge in [0.2, 0.25) is 0 Å². The van der Waals surface area contributed by atoms with Crippen molar-refractivity contribution in [2.45, 2.75) is 33.4 Å². The number of rotatable bonds is 7. The lowest BCUT2D eigenvalue weighted by molar-refractivity contribution is 0.0625. The number of phenolic OH excluding ortho intramolecular Hbond substituents is 1. The van der Waals surface area contributed by atoms with Gasteiger partial charge in [-0.2, -0.15) is 0 Å². The summed E-state index contributed by atoms with van der Waals surface area (Å²) in [5, 5.41) is 9.81. The van der Waals surface area contributed by atoms with E-state index in [0.717, 1.165) is 12.1 Å². The van der Waals surface area contributed by atoms with E-state index < -0.39 is 0 Å². The topological polar surface area (TPSA) is 49.8 Å². The summed E-state index contributed by atoms with van der Waals surface area (Å²) in [7, 11) is 1.96. The SMILES string of the molecule is CC(=O)c1ccc(O)c(CN(C)CCOC(C)C)c1. The molecule has 0 aliphatic heterocycles. The van der Waals surface area contributed by atoms with Gasteiger partial charge < -0.3 is 9.84 Å². The molecule has 0 saturated heterocycles. The van der Waals surface area contributed by atoms with E-state index in [4.69, 9.17) is 4.74 Å². The fraction of sp³-hybridized carbons (Fsp3) is 0.533. The Morgan fingerprint density at radius 1 is 1.42 bits per heavy atom. The van der Waals surface area contributed by atoms with Crippen molar-refractivity contribution in [3.8, 4) is 5.75 Å². The second kappa shape index (κ2) is 7.26. The molecule has 0 fully saturated rings. The Morgan fingerprint density at radius 3 is 2.68 bits per heavy atom. The number of phenols is 1. The molecule has 0 radical (unpaired) electrons. The molecule has 0 aromatic heterocycles. The highest BCUT2D eigenvalue weighted by Crippen LogP contribution is 2.20. The molecule has 0 atom stereocenters. The van der Waals surface area contributed by atoms with Crippen LogP contribution in [-0.4, -0.2) is 42.1 Å². The number of likely N-dealkylation sites (N-methyl/N-ethyl adjacent to an activating group) is 1. The first-order valence-corrected chi connectivity index (χ1v) is 6.53. The first kappa shape index (κ1) is 15.7. The number of ether oxygens (including phenoxy) is 1. The Kier molecular flexibility index (Phi) is 5.99. The summed E-state index contributed by atoms with van der Waals surface area (Å²) in [6, 6.07) is 4.96. The minimum absolute atomic E-state index is 0.00652. The van der Waals surface area contributed by atoms with E-state index in [9.17, 15) is 9.90 Å². The van der Waals surface area contributed by atoms with Gasteiger partial charge in [0.15, 0.2) is 5.78 Å². The van der Waals surface area contributed by atoms with Crippen molar-refractivity contribution in [2.24, 2.45) is 0 Å². The molecule has 4 nitrogen and oxygen atoms in total. The van der Waals surface area contributed by atoms with Crippen LogP contribution < -0.4 is 0 Å². The average Bonchev–Trinajstić information content (AvgIpc) is 2.31. The van der Waals surface area contributed by atoms with Crippen molar-refractivity contribution >= 4 is 5.78 Å². The van der Waals surface area contributed by atoms with E-state index in [0.29, 0.717) is 18.7 Å². The van der Waals surface area contributed by atoms with Crippen molar-refractivity contribution in [1.29, 1.82) is 0 Å². The third kappa shape index (κ3) is 5.41. The van der Waals surface area contributed by atoms with Gasteiger partial charge in [-0.05, 0) is 46.0 Å². The maximum absolute atomic E-state index is 11.3. The zero-order valence-corrected chi connectivity index (χ0v) is 12.1. The molecule has 0 unspecified atom stereocenters. The number of aromatic hydroxyl groups is 1. The molecule has 0 bridgehead atoms.